The fourth-order valence-electron chi connectivity index (χ4n) is 1.65. The minimum Gasteiger partial charge on any atom is -0.497 e. The van der Waals surface area contributed by atoms with Crippen LogP contribution in [0.15, 0.2) is 48.5 Å². The summed E-state index contributed by atoms with van der Waals surface area (Å²) in [5, 5.41) is 3.15. The Balaban J connectivity index is 2.38. The molecule has 0 saturated carbocycles. The second-order valence-corrected chi connectivity index (χ2v) is 3.77. The molecular formula is C14H14N2O2. The van der Waals surface area contributed by atoms with Crippen molar-refractivity contribution in [2.24, 2.45) is 5.73 Å². The summed E-state index contributed by atoms with van der Waals surface area (Å²) in [7, 11) is 1.57. The van der Waals surface area contributed by atoms with Crippen LogP contribution >= 0.6 is 0 Å². The van der Waals surface area contributed by atoms with Crippen LogP contribution in [0, 0.1) is 0 Å². The SMILES string of the molecule is COc1ccc(C(N)=O)c(Nc2ccccc2)c1. The molecular weight excluding hydrogens is 228 g/mol. The summed E-state index contributed by atoms with van der Waals surface area (Å²) in [5.41, 5.74) is 7.29. The van der Waals surface area contributed by atoms with E-state index in [2.05, 4.69) is 5.32 Å². The van der Waals surface area contributed by atoms with Gasteiger partial charge in [0.2, 0.25) is 0 Å². The predicted molar refractivity (Wildman–Crippen MR) is 71.2 cm³/mol. The van der Waals surface area contributed by atoms with E-state index in [1.807, 2.05) is 30.3 Å². The standard InChI is InChI=1S/C14H14N2O2/c1-18-11-7-8-12(14(15)17)13(9-11)16-10-5-3-2-4-6-10/h2-9,16H,1H3,(H2,15,17). The number of benzene rings is 2. The van der Waals surface area contributed by atoms with Crippen molar-refractivity contribution >= 4 is 17.3 Å². The number of ether oxygens (including phenoxy) is 1. The normalized spacial score (nSPS) is 9.83. The van der Waals surface area contributed by atoms with Gasteiger partial charge in [0.15, 0.2) is 0 Å². The summed E-state index contributed by atoms with van der Waals surface area (Å²) >= 11 is 0. The average molecular weight is 242 g/mol. The Morgan fingerprint density at radius 1 is 1.17 bits per heavy atom. The third-order valence-corrected chi connectivity index (χ3v) is 2.54. The van der Waals surface area contributed by atoms with Crippen molar-refractivity contribution < 1.29 is 9.53 Å². The van der Waals surface area contributed by atoms with Gasteiger partial charge >= 0.3 is 0 Å². The van der Waals surface area contributed by atoms with Gasteiger partial charge in [-0.05, 0) is 24.3 Å². The first-order valence-corrected chi connectivity index (χ1v) is 5.50. The molecule has 1 amide bonds. The summed E-state index contributed by atoms with van der Waals surface area (Å²) in [6.07, 6.45) is 0. The largest absolute Gasteiger partial charge is 0.497 e. The van der Waals surface area contributed by atoms with Gasteiger partial charge in [-0.3, -0.25) is 4.79 Å². The number of rotatable bonds is 4. The van der Waals surface area contributed by atoms with Crippen LogP contribution in [-0.4, -0.2) is 13.0 Å². The second-order valence-electron chi connectivity index (χ2n) is 3.77. The maximum absolute atomic E-state index is 11.4. The molecule has 2 aromatic carbocycles. The van der Waals surface area contributed by atoms with Crippen LogP contribution in [0.4, 0.5) is 11.4 Å². The Morgan fingerprint density at radius 3 is 2.50 bits per heavy atom. The summed E-state index contributed by atoms with van der Waals surface area (Å²) in [4.78, 5) is 11.4. The zero-order valence-electron chi connectivity index (χ0n) is 10.0. The summed E-state index contributed by atoms with van der Waals surface area (Å²) in [6, 6.07) is 14.6. The van der Waals surface area contributed by atoms with Crippen molar-refractivity contribution in [1.29, 1.82) is 0 Å². The molecule has 2 rings (SSSR count). The van der Waals surface area contributed by atoms with E-state index in [1.165, 1.54) is 0 Å². The molecule has 0 atom stereocenters. The Bertz CT molecular complexity index is 553. The van der Waals surface area contributed by atoms with Crippen LogP contribution in [0.2, 0.25) is 0 Å². The van der Waals surface area contributed by atoms with Crippen LogP contribution in [0.25, 0.3) is 0 Å². The molecule has 2 aromatic rings. The number of amides is 1. The van der Waals surface area contributed by atoms with E-state index in [1.54, 1.807) is 25.3 Å². The molecule has 0 heterocycles. The Kier molecular flexibility index (Phi) is 3.48. The molecule has 0 radical (unpaired) electrons. The fourth-order valence-corrected chi connectivity index (χ4v) is 1.65. The topological polar surface area (TPSA) is 64.3 Å². The Hall–Kier alpha value is -2.49. The van der Waals surface area contributed by atoms with E-state index < -0.39 is 5.91 Å². The summed E-state index contributed by atoms with van der Waals surface area (Å²) in [5.74, 6) is 0.189. The van der Waals surface area contributed by atoms with Gasteiger partial charge in [-0.1, -0.05) is 18.2 Å². The molecule has 0 unspecified atom stereocenters. The molecule has 0 aliphatic heterocycles. The van der Waals surface area contributed by atoms with E-state index in [0.717, 1.165) is 5.69 Å². The lowest BCUT2D eigenvalue weighted by atomic mass is 10.1. The van der Waals surface area contributed by atoms with Gasteiger partial charge in [-0.2, -0.15) is 0 Å². The second kappa shape index (κ2) is 5.23. The first kappa shape index (κ1) is 12.0. The van der Waals surface area contributed by atoms with Crippen molar-refractivity contribution in [2.75, 3.05) is 12.4 Å². The highest BCUT2D eigenvalue weighted by Gasteiger charge is 2.09. The minimum absolute atomic E-state index is 0.430. The minimum atomic E-state index is -0.476. The van der Waals surface area contributed by atoms with Crippen LogP contribution in [0.3, 0.4) is 0 Å². The lowest BCUT2D eigenvalue weighted by Gasteiger charge is -2.11. The molecule has 92 valence electrons. The molecule has 0 aromatic heterocycles. The number of nitrogens with two attached hydrogens (primary N) is 1. The Labute approximate surface area is 105 Å². The van der Waals surface area contributed by atoms with Gasteiger partial charge in [0.05, 0.1) is 18.4 Å². The number of carbonyl (C=O) groups is 1. The van der Waals surface area contributed by atoms with E-state index >= 15 is 0 Å². The maximum atomic E-state index is 11.4. The number of hydrogen-bond acceptors (Lipinski definition) is 3. The molecule has 3 N–H and O–H groups in total. The van der Waals surface area contributed by atoms with Crippen LogP contribution in [-0.2, 0) is 0 Å². The van der Waals surface area contributed by atoms with Crippen molar-refractivity contribution in [3.05, 3.63) is 54.1 Å². The number of primary amides is 1. The van der Waals surface area contributed by atoms with Gasteiger partial charge in [-0.25, -0.2) is 0 Å². The van der Waals surface area contributed by atoms with Gasteiger partial charge < -0.3 is 15.8 Å². The molecule has 0 aliphatic carbocycles. The quantitative estimate of drug-likeness (QED) is 0.865. The number of hydrogen-bond donors (Lipinski definition) is 2. The molecule has 18 heavy (non-hydrogen) atoms. The number of anilines is 2. The molecule has 0 fully saturated rings. The first-order chi connectivity index (χ1) is 8.70. The van der Waals surface area contributed by atoms with Crippen molar-refractivity contribution in [3.8, 4) is 5.75 Å². The van der Waals surface area contributed by atoms with Crippen molar-refractivity contribution in [2.45, 2.75) is 0 Å². The third-order valence-electron chi connectivity index (χ3n) is 2.54. The lowest BCUT2D eigenvalue weighted by molar-refractivity contribution is 0.100. The summed E-state index contributed by atoms with van der Waals surface area (Å²) in [6.45, 7) is 0. The van der Waals surface area contributed by atoms with Crippen LogP contribution < -0.4 is 15.8 Å². The van der Waals surface area contributed by atoms with Gasteiger partial charge in [-0.15, -0.1) is 0 Å². The van der Waals surface area contributed by atoms with E-state index in [4.69, 9.17) is 10.5 Å². The number of carbonyl (C=O) groups excluding carboxylic acids is 1. The molecule has 0 spiro atoms. The molecule has 0 bridgehead atoms. The van der Waals surface area contributed by atoms with Gasteiger partial charge in [0, 0.05) is 11.8 Å². The van der Waals surface area contributed by atoms with E-state index in [9.17, 15) is 4.79 Å². The number of para-hydroxylation sites is 1. The molecule has 4 nitrogen and oxygen atoms in total. The smallest absolute Gasteiger partial charge is 0.250 e. The number of methoxy groups -OCH3 is 1. The van der Waals surface area contributed by atoms with Gasteiger partial charge in [0.25, 0.3) is 5.91 Å². The highest BCUT2D eigenvalue weighted by molar-refractivity contribution is 5.99. The van der Waals surface area contributed by atoms with Gasteiger partial charge in [0.1, 0.15) is 5.75 Å². The first-order valence-electron chi connectivity index (χ1n) is 5.50. The predicted octanol–water partition coefficient (Wildman–Crippen LogP) is 2.54. The zero-order valence-corrected chi connectivity index (χ0v) is 10.0. The van der Waals surface area contributed by atoms with Crippen molar-refractivity contribution in [3.63, 3.8) is 0 Å². The molecule has 4 heteroatoms. The Morgan fingerprint density at radius 2 is 1.89 bits per heavy atom. The highest BCUT2D eigenvalue weighted by atomic mass is 16.5. The van der Waals surface area contributed by atoms with Crippen LogP contribution in [0.5, 0.6) is 5.75 Å². The monoisotopic (exact) mass is 242 g/mol. The molecule has 0 saturated heterocycles. The van der Waals surface area contributed by atoms with Crippen LogP contribution in [0.1, 0.15) is 10.4 Å². The zero-order chi connectivity index (χ0) is 13.0. The lowest BCUT2D eigenvalue weighted by Crippen LogP contribution is -2.13. The maximum Gasteiger partial charge on any atom is 0.250 e. The third kappa shape index (κ3) is 2.60. The molecule has 0 aliphatic rings. The highest BCUT2D eigenvalue weighted by Crippen LogP contribution is 2.25. The average Bonchev–Trinajstić information content (AvgIpc) is 2.39. The van der Waals surface area contributed by atoms with Crippen molar-refractivity contribution in [1.82, 2.24) is 0 Å². The fraction of sp³-hybridized carbons (Fsp3) is 0.0714. The number of nitrogens with one attached hydrogen (secondary N) is 1. The van der Waals surface area contributed by atoms with E-state index in [0.29, 0.717) is 17.0 Å². The van der Waals surface area contributed by atoms with E-state index in [-0.39, 0.29) is 0 Å². The summed E-state index contributed by atoms with van der Waals surface area (Å²) < 4.78 is 5.14.